The molecule has 0 saturated heterocycles. The zero-order valence-corrected chi connectivity index (χ0v) is 15.6. The van der Waals surface area contributed by atoms with Crippen LogP contribution in [0.25, 0.3) is 10.9 Å². The van der Waals surface area contributed by atoms with Gasteiger partial charge >= 0.3 is 0 Å². The molecule has 0 atom stereocenters. The number of hydrazine groups is 1. The van der Waals surface area contributed by atoms with Gasteiger partial charge in [-0.1, -0.05) is 36.4 Å². The molecule has 0 bridgehead atoms. The van der Waals surface area contributed by atoms with Crippen molar-refractivity contribution in [2.75, 3.05) is 12.1 Å². The summed E-state index contributed by atoms with van der Waals surface area (Å²) in [6, 6.07) is 21.4. The minimum atomic E-state index is -0.285. The Morgan fingerprint density at radius 2 is 1.69 bits per heavy atom. The normalized spacial score (nSPS) is 10.5. The summed E-state index contributed by atoms with van der Waals surface area (Å²) in [6.45, 7) is 0. The van der Waals surface area contributed by atoms with Gasteiger partial charge in [-0.3, -0.25) is 10.2 Å². The van der Waals surface area contributed by atoms with Crippen LogP contribution >= 0.6 is 0 Å². The Kier molecular flexibility index (Phi) is 4.94. The van der Waals surface area contributed by atoms with Gasteiger partial charge in [-0.25, -0.2) is 15.0 Å². The fourth-order valence-electron chi connectivity index (χ4n) is 2.97. The van der Waals surface area contributed by atoms with Gasteiger partial charge in [0, 0.05) is 17.0 Å². The van der Waals surface area contributed by atoms with Crippen molar-refractivity contribution in [1.29, 1.82) is 0 Å². The molecule has 2 N–H and O–H groups in total. The number of carbonyl (C=O) groups excluding carboxylic acids is 1. The Hall–Kier alpha value is -4.13. The van der Waals surface area contributed by atoms with E-state index in [-0.39, 0.29) is 17.4 Å². The third-order valence-electron chi connectivity index (χ3n) is 4.39. The number of benzene rings is 3. The summed E-state index contributed by atoms with van der Waals surface area (Å²) in [7, 11) is 1.47. The Labute approximate surface area is 167 Å². The van der Waals surface area contributed by atoms with Crippen LogP contribution in [0.5, 0.6) is 11.5 Å². The van der Waals surface area contributed by atoms with E-state index in [4.69, 9.17) is 4.74 Å². The van der Waals surface area contributed by atoms with Gasteiger partial charge in [0.2, 0.25) is 0 Å². The molecular weight excluding hydrogens is 368 g/mol. The summed E-state index contributed by atoms with van der Waals surface area (Å²) in [5.74, 6) is 0.427. The van der Waals surface area contributed by atoms with Crippen molar-refractivity contribution in [3.05, 3.63) is 84.7 Å². The molecule has 0 aliphatic rings. The average molecular weight is 386 g/mol. The number of nitrogens with one attached hydrogen (secondary N) is 1. The second-order valence-electron chi connectivity index (χ2n) is 6.22. The van der Waals surface area contributed by atoms with Crippen LogP contribution in [0.4, 0.5) is 11.5 Å². The van der Waals surface area contributed by atoms with Crippen LogP contribution in [0.3, 0.4) is 0 Å². The van der Waals surface area contributed by atoms with Crippen LogP contribution in [-0.4, -0.2) is 28.1 Å². The molecule has 0 unspecified atom stereocenters. The summed E-state index contributed by atoms with van der Waals surface area (Å²) >= 11 is 0. The molecule has 144 valence electrons. The second kappa shape index (κ2) is 7.85. The lowest BCUT2D eigenvalue weighted by molar-refractivity contribution is 0.0953. The van der Waals surface area contributed by atoms with Gasteiger partial charge in [0.25, 0.3) is 5.91 Å². The van der Waals surface area contributed by atoms with Crippen molar-refractivity contribution in [1.82, 2.24) is 15.4 Å². The zero-order chi connectivity index (χ0) is 20.2. The van der Waals surface area contributed by atoms with E-state index < -0.39 is 0 Å². The number of fused-ring (bicyclic) bond motifs is 1. The number of phenolic OH excluding ortho intramolecular Hbond substituents is 1. The van der Waals surface area contributed by atoms with Gasteiger partial charge in [0.1, 0.15) is 6.33 Å². The maximum absolute atomic E-state index is 12.9. The molecule has 0 spiro atoms. The minimum absolute atomic E-state index is 0.0239. The van der Waals surface area contributed by atoms with Crippen LogP contribution in [0, 0.1) is 0 Å². The number of rotatable bonds is 5. The number of para-hydroxylation sites is 1. The molecule has 1 amide bonds. The molecule has 4 aromatic rings. The van der Waals surface area contributed by atoms with E-state index in [0.717, 1.165) is 0 Å². The topological polar surface area (TPSA) is 87.6 Å². The molecule has 0 aliphatic carbocycles. The highest BCUT2D eigenvalue weighted by Crippen LogP contribution is 2.35. The largest absolute Gasteiger partial charge is 0.504 e. The Bertz CT molecular complexity index is 1150. The standard InChI is InChI=1S/C22H18N4O3/c1-29-20-12-17-18(13-19(20)27)23-14-24-21(17)26(16-10-6-3-7-11-16)25-22(28)15-8-4-2-5-9-15/h2-14,27H,1H3,(H,25,28). The van der Waals surface area contributed by atoms with Crippen LogP contribution in [0.15, 0.2) is 79.1 Å². The SMILES string of the molecule is COc1cc2c(N(NC(=O)c3ccccc3)c3ccccc3)ncnc2cc1O. The predicted octanol–water partition coefficient (Wildman–Crippen LogP) is 3.83. The summed E-state index contributed by atoms with van der Waals surface area (Å²) in [5, 5.41) is 12.3. The summed E-state index contributed by atoms with van der Waals surface area (Å²) in [5.41, 5.74) is 4.66. The molecule has 4 rings (SSSR count). The lowest BCUT2D eigenvalue weighted by Crippen LogP contribution is -2.39. The summed E-state index contributed by atoms with van der Waals surface area (Å²) in [6.07, 6.45) is 1.38. The lowest BCUT2D eigenvalue weighted by atomic mass is 10.2. The van der Waals surface area contributed by atoms with Crippen molar-refractivity contribution in [3.8, 4) is 11.5 Å². The van der Waals surface area contributed by atoms with E-state index in [1.165, 1.54) is 19.5 Å². The van der Waals surface area contributed by atoms with Gasteiger partial charge in [-0.2, -0.15) is 0 Å². The first kappa shape index (κ1) is 18.2. The molecule has 7 heteroatoms. The van der Waals surface area contributed by atoms with Gasteiger partial charge in [0.15, 0.2) is 17.3 Å². The summed E-state index contributed by atoms with van der Waals surface area (Å²) < 4.78 is 5.23. The number of ether oxygens (including phenoxy) is 1. The highest BCUT2D eigenvalue weighted by Gasteiger charge is 2.19. The van der Waals surface area contributed by atoms with Gasteiger partial charge in [0.05, 0.1) is 18.3 Å². The zero-order valence-electron chi connectivity index (χ0n) is 15.6. The smallest absolute Gasteiger partial charge is 0.270 e. The van der Waals surface area contributed by atoms with Crippen molar-refractivity contribution >= 4 is 28.3 Å². The fourth-order valence-corrected chi connectivity index (χ4v) is 2.97. The minimum Gasteiger partial charge on any atom is -0.504 e. The van der Waals surface area contributed by atoms with Crippen molar-refractivity contribution < 1.29 is 14.6 Å². The molecule has 0 fully saturated rings. The van der Waals surface area contributed by atoms with E-state index in [1.807, 2.05) is 36.4 Å². The van der Waals surface area contributed by atoms with Crippen molar-refractivity contribution in [2.45, 2.75) is 0 Å². The number of carbonyl (C=O) groups is 1. The number of hydrogen-bond acceptors (Lipinski definition) is 6. The molecule has 0 radical (unpaired) electrons. The molecular formula is C22H18N4O3. The number of nitrogens with zero attached hydrogens (tertiary/aromatic N) is 3. The fraction of sp³-hybridized carbons (Fsp3) is 0.0455. The Morgan fingerprint density at radius 3 is 2.38 bits per heavy atom. The van der Waals surface area contributed by atoms with E-state index in [9.17, 15) is 9.90 Å². The van der Waals surface area contributed by atoms with Gasteiger partial charge < -0.3 is 9.84 Å². The lowest BCUT2D eigenvalue weighted by Gasteiger charge is -2.25. The maximum atomic E-state index is 12.9. The number of amides is 1. The monoisotopic (exact) mass is 386 g/mol. The number of methoxy groups -OCH3 is 1. The van der Waals surface area contributed by atoms with Crippen molar-refractivity contribution in [2.24, 2.45) is 0 Å². The summed E-state index contributed by atoms with van der Waals surface area (Å²) in [4.78, 5) is 21.5. The van der Waals surface area contributed by atoms with E-state index in [1.54, 1.807) is 35.3 Å². The first-order valence-electron chi connectivity index (χ1n) is 8.90. The number of phenols is 1. The molecule has 3 aromatic carbocycles. The van der Waals surface area contributed by atoms with Crippen molar-refractivity contribution in [3.63, 3.8) is 0 Å². The molecule has 1 heterocycles. The number of hydrogen-bond donors (Lipinski definition) is 2. The predicted molar refractivity (Wildman–Crippen MR) is 110 cm³/mol. The first-order chi connectivity index (χ1) is 14.2. The molecule has 0 aliphatic heterocycles. The maximum Gasteiger partial charge on any atom is 0.270 e. The molecule has 0 saturated carbocycles. The highest BCUT2D eigenvalue weighted by atomic mass is 16.5. The number of aromatic hydroxyl groups is 1. The quantitative estimate of drug-likeness (QED) is 0.507. The van der Waals surface area contributed by atoms with Crippen LogP contribution in [0.1, 0.15) is 10.4 Å². The highest BCUT2D eigenvalue weighted by molar-refractivity contribution is 5.99. The van der Waals surface area contributed by atoms with E-state index >= 15 is 0 Å². The number of anilines is 2. The number of aromatic nitrogens is 2. The van der Waals surface area contributed by atoms with Crippen LogP contribution in [0.2, 0.25) is 0 Å². The van der Waals surface area contributed by atoms with Crippen LogP contribution < -0.4 is 15.2 Å². The third kappa shape index (κ3) is 3.66. The molecule has 29 heavy (non-hydrogen) atoms. The first-order valence-corrected chi connectivity index (χ1v) is 8.90. The third-order valence-corrected chi connectivity index (χ3v) is 4.39. The molecule has 7 nitrogen and oxygen atoms in total. The van der Waals surface area contributed by atoms with E-state index in [0.29, 0.717) is 28.0 Å². The second-order valence-corrected chi connectivity index (χ2v) is 6.22. The van der Waals surface area contributed by atoms with Gasteiger partial charge in [-0.05, 0) is 30.3 Å². The molecule has 1 aromatic heterocycles. The Morgan fingerprint density at radius 1 is 1.00 bits per heavy atom. The van der Waals surface area contributed by atoms with Gasteiger partial charge in [-0.15, -0.1) is 0 Å². The Balaban J connectivity index is 1.84. The van der Waals surface area contributed by atoms with Crippen LogP contribution in [-0.2, 0) is 0 Å². The van der Waals surface area contributed by atoms with E-state index in [2.05, 4.69) is 15.4 Å². The average Bonchev–Trinajstić information content (AvgIpc) is 2.77.